The largest absolute Gasteiger partial charge is 0.355 e. The minimum absolute atomic E-state index is 0.123. The van der Waals surface area contributed by atoms with Crippen molar-refractivity contribution in [2.75, 3.05) is 0 Å². The van der Waals surface area contributed by atoms with Crippen LogP contribution in [0, 0.1) is 0 Å². The van der Waals surface area contributed by atoms with Gasteiger partial charge in [0.25, 0.3) is 0 Å². The molecule has 1 N–H and O–H groups in total. The minimum atomic E-state index is 0.123. The summed E-state index contributed by atoms with van der Waals surface area (Å²) in [5.41, 5.74) is 3.60. The van der Waals surface area contributed by atoms with Crippen LogP contribution in [-0.2, 0) is 0 Å². The van der Waals surface area contributed by atoms with E-state index in [2.05, 4.69) is 54.4 Å². The summed E-state index contributed by atoms with van der Waals surface area (Å²) in [6.45, 7) is 2.20. The first-order valence-electron chi connectivity index (χ1n) is 6.94. The number of hydrogen-bond acceptors (Lipinski definition) is 0. The highest BCUT2D eigenvalue weighted by Gasteiger charge is 2.10. The number of benzene rings is 2. The summed E-state index contributed by atoms with van der Waals surface area (Å²) in [6, 6.07) is 14.9. The van der Waals surface area contributed by atoms with Gasteiger partial charge in [-0.05, 0) is 30.2 Å². The van der Waals surface area contributed by atoms with Crippen molar-refractivity contribution < 1.29 is 0 Å². The molecule has 98 valence electrons. The molecule has 3 rings (SSSR count). The van der Waals surface area contributed by atoms with Gasteiger partial charge in [-0.25, -0.2) is 0 Å². The highest BCUT2D eigenvalue weighted by Crippen LogP contribution is 2.32. The van der Waals surface area contributed by atoms with Gasteiger partial charge < -0.3 is 4.98 Å². The van der Waals surface area contributed by atoms with Crippen LogP contribution in [0.5, 0.6) is 0 Å². The molecule has 2 heteroatoms. The van der Waals surface area contributed by atoms with E-state index in [1.54, 1.807) is 0 Å². The van der Waals surface area contributed by atoms with Gasteiger partial charge in [0.2, 0.25) is 0 Å². The maximum Gasteiger partial charge on any atom is 0.0585 e. The van der Waals surface area contributed by atoms with Crippen LogP contribution in [0.1, 0.15) is 37.1 Å². The molecule has 0 fully saturated rings. The Labute approximate surface area is 118 Å². The van der Waals surface area contributed by atoms with Gasteiger partial charge in [0.15, 0.2) is 0 Å². The number of H-pyrrole nitrogens is 1. The molecular formula is C17H18ClN. The van der Waals surface area contributed by atoms with Crippen LogP contribution in [0.15, 0.2) is 42.5 Å². The lowest BCUT2D eigenvalue weighted by atomic mass is 10.0. The number of fused-ring (bicyclic) bond motifs is 3. The van der Waals surface area contributed by atoms with Crippen LogP contribution in [0.25, 0.3) is 21.8 Å². The monoisotopic (exact) mass is 271 g/mol. The zero-order chi connectivity index (χ0) is 13.2. The highest BCUT2D eigenvalue weighted by molar-refractivity contribution is 6.21. The predicted molar refractivity (Wildman–Crippen MR) is 83.9 cm³/mol. The molecule has 2 aromatic carbocycles. The number of para-hydroxylation sites is 1. The predicted octanol–water partition coefficient (Wildman–Crippen LogP) is 5.79. The first kappa shape index (κ1) is 12.6. The van der Waals surface area contributed by atoms with Crippen molar-refractivity contribution in [2.45, 2.75) is 31.6 Å². The number of alkyl halides is 1. The van der Waals surface area contributed by atoms with E-state index in [0.29, 0.717) is 0 Å². The fourth-order valence-electron chi connectivity index (χ4n) is 2.61. The van der Waals surface area contributed by atoms with Crippen molar-refractivity contribution in [1.82, 2.24) is 4.98 Å². The Morgan fingerprint density at radius 2 is 1.84 bits per heavy atom. The van der Waals surface area contributed by atoms with Gasteiger partial charge in [-0.15, -0.1) is 11.6 Å². The SMILES string of the molecule is CCCCC(Cl)c1ccc2[nH]c3ccccc3c2c1. The second-order valence-corrected chi connectivity index (χ2v) is 5.61. The number of unbranched alkanes of at least 4 members (excludes halogenated alkanes) is 1. The maximum atomic E-state index is 6.49. The van der Waals surface area contributed by atoms with Crippen molar-refractivity contribution in [3.63, 3.8) is 0 Å². The number of aromatic amines is 1. The van der Waals surface area contributed by atoms with E-state index in [0.717, 1.165) is 6.42 Å². The van der Waals surface area contributed by atoms with Gasteiger partial charge >= 0.3 is 0 Å². The van der Waals surface area contributed by atoms with Gasteiger partial charge in [-0.1, -0.05) is 44.0 Å². The summed E-state index contributed by atoms with van der Waals surface area (Å²) in [6.07, 6.45) is 3.42. The van der Waals surface area contributed by atoms with Crippen molar-refractivity contribution in [2.24, 2.45) is 0 Å². The number of rotatable bonds is 4. The lowest BCUT2D eigenvalue weighted by molar-refractivity contribution is 0.701. The summed E-state index contributed by atoms with van der Waals surface area (Å²) in [5, 5.41) is 2.67. The maximum absolute atomic E-state index is 6.49. The number of aromatic nitrogens is 1. The Morgan fingerprint density at radius 3 is 2.68 bits per heavy atom. The summed E-state index contributed by atoms with van der Waals surface area (Å²) in [4.78, 5) is 3.44. The molecular weight excluding hydrogens is 254 g/mol. The minimum Gasteiger partial charge on any atom is -0.355 e. The second kappa shape index (κ2) is 5.26. The molecule has 19 heavy (non-hydrogen) atoms. The molecule has 1 heterocycles. The third-order valence-corrected chi connectivity index (χ3v) is 4.17. The lowest BCUT2D eigenvalue weighted by Crippen LogP contribution is -1.90. The molecule has 0 bridgehead atoms. The smallest absolute Gasteiger partial charge is 0.0585 e. The summed E-state index contributed by atoms with van der Waals surface area (Å²) < 4.78 is 0. The van der Waals surface area contributed by atoms with Crippen molar-refractivity contribution in [1.29, 1.82) is 0 Å². The average molecular weight is 272 g/mol. The number of hydrogen-bond donors (Lipinski definition) is 1. The van der Waals surface area contributed by atoms with Crippen LogP contribution in [0.4, 0.5) is 0 Å². The quantitative estimate of drug-likeness (QED) is 0.578. The standard InChI is InChI=1S/C17H18ClN/c1-2-3-7-15(18)12-9-10-17-14(11-12)13-6-4-5-8-16(13)19-17/h4-6,8-11,15,19H,2-3,7H2,1H3. The van der Waals surface area contributed by atoms with E-state index in [1.807, 2.05) is 0 Å². The Hall–Kier alpha value is -1.47. The molecule has 1 unspecified atom stereocenters. The van der Waals surface area contributed by atoms with Crippen molar-refractivity contribution in [3.8, 4) is 0 Å². The van der Waals surface area contributed by atoms with E-state index in [-0.39, 0.29) is 5.38 Å². The van der Waals surface area contributed by atoms with Gasteiger partial charge in [0.05, 0.1) is 5.38 Å². The summed E-state index contributed by atoms with van der Waals surface area (Å²) >= 11 is 6.49. The first-order chi connectivity index (χ1) is 9.29. The van der Waals surface area contributed by atoms with Crippen molar-refractivity contribution >= 4 is 33.4 Å². The Morgan fingerprint density at radius 1 is 1.05 bits per heavy atom. The Kier molecular flexibility index (Phi) is 3.48. The molecule has 0 aliphatic carbocycles. The zero-order valence-electron chi connectivity index (χ0n) is 11.1. The Balaban J connectivity index is 2.06. The summed E-state index contributed by atoms with van der Waals surface area (Å²) in [5.74, 6) is 0. The van der Waals surface area contributed by atoms with Crippen LogP contribution >= 0.6 is 11.6 Å². The van der Waals surface area contributed by atoms with E-state index in [4.69, 9.17) is 11.6 Å². The number of nitrogens with one attached hydrogen (secondary N) is 1. The van der Waals surface area contributed by atoms with Gasteiger partial charge in [-0.2, -0.15) is 0 Å². The molecule has 1 aromatic heterocycles. The van der Waals surface area contributed by atoms with Crippen LogP contribution < -0.4 is 0 Å². The summed E-state index contributed by atoms with van der Waals surface area (Å²) in [7, 11) is 0. The lowest BCUT2D eigenvalue weighted by Gasteiger charge is -2.09. The molecule has 0 aliphatic rings. The molecule has 1 nitrogen and oxygen atoms in total. The molecule has 0 saturated heterocycles. The van der Waals surface area contributed by atoms with Crippen LogP contribution in [0.2, 0.25) is 0 Å². The second-order valence-electron chi connectivity index (χ2n) is 5.09. The molecule has 1 atom stereocenters. The molecule has 0 spiro atoms. The fraction of sp³-hybridized carbons (Fsp3) is 0.294. The number of halogens is 1. The van der Waals surface area contributed by atoms with Crippen LogP contribution in [0.3, 0.4) is 0 Å². The normalized spacial score (nSPS) is 13.2. The molecule has 0 radical (unpaired) electrons. The van der Waals surface area contributed by atoms with E-state index in [1.165, 1.54) is 40.2 Å². The van der Waals surface area contributed by atoms with Gasteiger partial charge in [-0.3, -0.25) is 0 Å². The van der Waals surface area contributed by atoms with Crippen LogP contribution in [-0.4, -0.2) is 4.98 Å². The average Bonchev–Trinajstić information content (AvgIpc) is 2.82. The Bertz CT molecular complexity index is 699. The molecule has 0 amide bonds. The van der Waals surface area contributed by atoms with E-state index < -0.39 is 0 Å². The first-order valence-corrected chi connectivity index (χ1v) is 7.37. The molecule has 0 aliphatic heterocycles. The third-order valence-electron chi connectivity index (χ3n) is 3.70. The van der Waals surface area contributed by atoms with Gasteiger partial charge in [0.1, 0.15) is 0 Å². The third kappa shape index (κ3) is 2.35. The van der Waals surface area contributed by atoms with E-state index >= 15 is 0 Å². The van der Waals surface area contributed by atoms with E-state index in [9.17, 15) is 0 Å². The van der Waals surface area contributed by atoms with Gasteiger partial charge in [0, 0.05) is 21.8 Å². The van der Waals surface area contributed by atoms with Crippen molar-refractivity contribution in [3.05, 3.63) is 48.0 Å². The zero-order valence-corrected chi connectivity index (χ0v) is 11.9. The molecule has 0 saturated carbocycles. The molecule has 3 aromatic rings. The fourth-order valence-corrected chi connectivity index (χ4v) is 2.90. The topological polar surface area (TPSA) is 15.8 Å². The highest BCUT2D eigenvalue weighted by atomic mass is 35.5.